The largest absolute Gasteiger partial charge is 0.465 e. The third-order valence-electron chi connectivity index (χ3n) is 1.74. The second-order valence-electron chi connectivity index (χ2n) is 3.05. The van der Waals surface area contributed by atoms with Gasteiger partial charge in [-0.25, -0.2) is 0 Å². The molecule has 3 nitrogen and oxygen atoms in total. The highest BCUT2D eigenvalue weighted by molar-refractivity contribution is 7.99. The maximum atomic E-state index is 11.4. The third-order valence-corrected chi connectivity index (χ3v) is 3.29. The fraction of sp³-hybridized carbons (Fsp3) is 0.900. The highest BCUT2D eigenvalue weighted by Crippen LogP contribution is 2.00. The van der Waals surface area contributed by atoms with E-state index in [2.05, 4.69) is 24.9 Å². The van der Waals surface area contributed by atoms with Gasteiger partial charge in [-0.15, -0.1) is 0 Å². The van der Waals surface area contributed by atoms with Crippen molar-refractivity contribution in [1.29, 1.82) is 0 Å². The number of carbonyl (C=O) groups is 1. The predicted octanol–water partition coefficient (Wildman–Crippen LogP) is 1.58. The van der Waals surface area contributed by atoms with Crippen LogP contribution in [-0.4, -0.2) is 42.4 Å². The summed E-state index contributed by atoms with van der Waals surface area (Å²) in [6.45, 7) is 5.23. The van der Waals surface area contributed by atoms with Crippen LogP contribution < -0.4 is 5.32 Å². The molecule has 0 fully saturated rings. The van der Waals surface area contributed by atoms with Gasteiger partial charge in [0.15, 0.2) is 0 Å². The van der Waals surface area contributed by atoms with E-state index in [0.29, 0.717) is 12.4 Å². The Morgan fingerprint density at radius 1 is 1.47 bits per heavy atom. The Morgan fingerprint density at radius 2 is 2.20 bits per heavy atom. The number of hydrogen-bond donors (Lipinski definition) is 2. The van der Waals surface area contributed by atoms with Gasteiger partial charge in [0.1, 0.15) is 6.04 Å². The van der Waals surface area contributed by atoms with E-state index in [1.807, 2.05) is 18.7 Å². The Labute approximate surface area is 102 Å². The number of thioether (sulfide) groups is 1. The summed E-state index contributed by atoms with van der Waals surface area (Å²) in [5.41, 5.74) is 0. The first kappa shape index (κ1) is 15.1. The van der Waals surface area contributed by atoms with Gasteiger partial charge in [-0.1, -0.05) is 6.92 Å². The Balaban J connectivity index is 3.56. The van der Waals surface area contributed by atoms with Crippen LogP contribution >= 0.6 is 24.4 Å². The van der Waals surface area contributed by atoms with Crippen LogP contribution in [0, 0.1) is 0 Å². The number of carbonyl (C=O) groups excluding carboxylic acids is 1. The maximum absolute atomic E-state index is 11.4. The van der Waals surface area contributed by atoms with Gasteiger partial charge in [0.05, 0.1) is 6.61 Å². The summed E-state index contributed by atoms with van der Waals surface area (Å²) in [6.07, 6.45) is 1.19. The van der Waals surface area contributed by atoms with Gasteiger partial charge in [-0.3, -0.25) is 4.79 Å². The van der Waals surface area contributed by atoms with Gasteiger partial charge < -0.3 is 10.1 Å². The second-order valence-corrected chi connectivity index (χ2v) is 4.64. The lowest BCUT2D eigenvalue weighted by molar-refractivity contribution is -0.144. The molecule has 0 amide bonds. The highest BCUT2D eigenvalue weighted by Gasteiger charge is 2.16. The summed E-state index contributed by atoms with van der Waals surface area (Å²) in [6, 6.07) is -0.268. The van der Waals surface area contributed by atoms with Crippen molar-refractivity contribution < 1.29 is 9.53 Å². The Kier molecular flexibility index (Phi) is 10.7. The first-order valence-electron chi connectivity index (χ1n) is 5.34. The average molecular weight is 251 g/mol. The Bertz CT molecular complexity index is 168. The lowest BCUT2D eigenvalue weighted by Gasteiger charge is -2.14. The highest BCUT2D eigenvalue weighted by atomic mass is 32.2. The minimum Gasteiger partial charge on any atom is -0.465 e. The van der Waals surface area contributed by atoms with Crippen molar-refractivity contribution in [3.63, 3.8) is 0 Å². The summed E-state index contributed by atoms with van der Waals surface area (Å²) < 4.78 is 4.92. The van der Waals surface area contributed by atoms with Crippen LogP contribution in [0.1, 0.15) is 20.3 Å². The molecule has 90 valence electrons. The summed E-state index contributed by atoms with van der Waals surface area (Å²) in [4.78, 5) is 11.4. The van der Waals surface area contributed by atoms with Gasteiger partial charge in [-0.2, -0.15) is 24.4 Å². The topological polar surface area (TPSA) is 38.3 Å². The molecular weight excluding hydrogens is 230 g/mol. The van der Waals surface area contributed by atoms with E-state index in [-0.39, 0.29) is 12.0 Å². The van der Waals surface area contributed by atoms with Gasteiger partial charge in [0.25, 0.3) is 0 Å². The molecule has 0 aromatic carbocycles. The van der Waals surface area contributed by atoms with E-state index in [1.54, 1.807) is 0 Å². The minimum atomic E-state index is -0.268. The zero-order valence-electron chi connectivity index (χ0n) is 9.49. The van der Waals surface area contributed by atoms with Crippen molar-refractivity contribution >= 4 is 30.4 Å². The lowest BCUT2D eigenvalue weighted by Crippen LogP contribution is -2.40. The third kappa shape index (κ3) is 7.99. The van der Waals surface area contributed by atoms with E-state index in [9.17, 15) is 4.79 Å². The SMILES string of the molecule is CCCSCCN[C@@H](CS)C(=O)OCC. The van der Waals surface area contributed by atoms with Crippen molar-refractivity contribution in [3.8, 4) is 0 Å². The van der Waals surface area contributed by atoms with Crippen molar-refractivity contribution in [3.05, 3.63) is 0 Å². The molecule has 0 aliphatic rings. The van der Waals surface area contributed by atoms with Crippen LogP contribution in [0.3, 0.4) is 0 Å². The second kappa shape index (κ2) is 10.6. The van der Waals surface area contributed by atoms with Crippen LogP contribution in [0.4, 0.5) is 0 Å². The molecule has 15 heavy (non-hydrogen) atoms. The zero-order valence-corrected chi connectivity index (χ0v) is 11.2. The number of nitrogens with one attached hydrogen (secondary N) is 1. The summed E-state index contributed by atoms with van der Waals surface area (Å²) in [7, 11) is 0. The monoisotopic (exact) mass is 251 g/mol. The number of ether oxygens (including phenoxy) is 1. The number of thiol groups is 1. The molecule has 0 radical (unpaired) electrons. The first-order chi connectivity index (χ1) is 7.26. The Hall–Kier alpha value is 0.130. The summed E-state index contributed by atoms with van der Waals surface area (Å²) in [5, 5.41) is 3.14. The summed E-state index contributed by atoms with van der Waals surface area (Å²) in [5.74, 6) is 2.48. The minimum absolute atomic E-state index is 0.201. The molecule has 5 heteroatoms. The summed E-state index contributed by atoms with van der Waals surface area (Å²) >= 11 is 6.01. The molecule has 0 rings (SSSR count). The van der Waals surface area contributed by atoms with Gasteiger partial charge in [0, 0.05) is 18.1 Å². The van der Waals surface area contributed by atoms with Crippen molar-refractivity contribution in [2.75, 3.05) is 30.4 Å². The smallest absolute Gasteiger partial charge is 0.323 e. The molecule has 0 aliphatic carbocycles. The molecular formula is C10H21NO2S2. The molecule has 0 spiro atoms. The maximum Gasteiger partial charge on any atom is 0.323 e. The first-order valence-corrected chi connectivity index (χ1v) is 7.13. The molecule has 0 heterocycles. The van der Waals surface area contributed by atoms with Crippen molar-refractivity contribution in [2.24, 2.45) is 0 Å². The zero-order chi connectivity index (χ0) is 11.5. The Morgan fingerprint density at radius 3 is 2.73 bits per heavy atom. The van der Waals surface area contributed by atoms with E-state index in [4.69, 9.17) is 4.74 Å². The lowest BCUT2D eigenvalue weighted by atomic mass is 10.3. The molecule has 0 aromatic rings. The quantitative estimate of drug-likeness (QED) is 0.371. The molecule has 0 saturated carbocycles. The van der Waals surface area contributed by atoms with Crippen LogP contribution in [-0.2, 0) is 9.53 Å². The van der Waals surface area contributed by atoms with Gasteiger partial charge in [-0.05, 0) is 19.1 Å². The number of hydrogen-bond acceptors (Lipinski definition) is 5. The normalized spacial score (nSPS) is 12.5. The standard InChI is InChI=1S/C10H21NO2S2/c1-3-6-15-7-5-11-9(8-14)10(12)13-4-2/h9,11,14H,3-8H2,1-2H3/t9-/m0/s1. The van der Waals surface area contributed by atoms with E-state index in [0.717, 1.165) is 12.3 Å². The van der Waals surface area contributed by atoms with Crippen LogP contribution in [0.5, 0.6) is 0 Å². The fourth-order valence-corrected chi connectivity index (χ4v) is 2.05. The van der Waals surface area contributed by atoms with Crippen LogP contribution in [0.2, 0.25) is 0 Å². The predicted molar refractivity (Wildman–Crippen MR) is 69.9 cm³/mol. The molecule has 0 aromatic heterocycles. The molecule has 1 N–H and O–H groups in total. The van der Waals surface area contributed by atoms with E-state index < -0.39 is 0 Å². The molecule has 0 saturated heterocycles. The number of esters is 1. The van der Waals surface area contributed by atoms with Crippen molar-refractivity contribution in [1.82, 2.24) is 5.32 Å². The van der Waals surface area contributed by atoms with Crippen LogP contribution in [0.15, 0.2) is 0 Å². The molecule has 0 aliphatic heterocycles. The van der Waals surface area contributed by atoms with Gasteiger partial charge >= 0.3 is 5.97 Å². The average Bonchev–Trinajstić information content (AvgIpc) is 2.23. The fourth-order valence-electron chi connectivity index (χ4n) is 1.02. The van der Waals surface area contributed by atoms with Crippen molar-refractivity contribution in [2.45, 2.75) is 26.3 Å². The molecule has 1 atom stereocenters. The number of rotatable bonds is 9. The molecule has 0 unspecified atom stereocenters. The molecule has 0 bridgehead atoms. The van der Waals surface area contributed by atoms with Gasteiger partial charge in [0.2, 0.25) is 0 Å². The van der Waals surface area contributed by atoms with E-state index in [1.165, 1.54) is 12.2 Å². The van der Waals surface area contributed by atoms with E-state index >= 15 is 0 Å². The van der Waals surface area contributed by atoms with Crippen LogP contribution in [0.25, 0.3) is 0 Å².